The molecule has 2 aromatic heterocycles. The number of aryl methyl sites for hydroxylation is 1. The van der Waals surface area contributed by atoms with Crippen molar-refractivity contribution in [1.82, 2.24) is 15.0 Å². The van der Waals surface area contributed by atoms with Gasteiger partial charge in [-0.3, -0.25) is 0 Å². The van der Waals surface area contributed by atoms with E-state index in [9.17, 15) is 0 Å². The molecule has 3 heteroatoms. The Bertz CT molecular complexity index is 850. The van der Waals surface area contributed by atoms with Gasteiger partial charge in [-0.15, -0.1) is 0 Å². The van der Waals surface area contributed by atoms with Crippen molar-refractivity contribution in [3.8, 4) is 11.5 Å². The number of nitrogens with one attached hydrogen (secondary N) is 2. The molecule has 0 amide bonds. The summed E-state index contributed by atoms with van der Waals surface area (Å²) in [4.78, 5) is 11.5. The van der Waals surface area contributed by atoms with Crippen molar-refractivity contribution in [2.24, 2.45) is 0 Å². The predicted octanol–water partition coefficient (Wildman–Crippen LogP) is 4.02. The number of benzene rings is 2. The lowest BCUT2D eigenvalue weighted by Crippen LogP contribution is -1.82. The van der Waals surface area contributed by atoms with E-state index in [1.807, 2.05) is 30.3 Å². The second kappa shape index (κ2) is 3.72. The quantitative estimate of drug-likeness (QED) is 0.524. The second-order valence-corrected chi connectivity index (χ2v) is 4.77. The smallest absolute Gasteiger partial charge is 0.155 e. The van der Waals surface area contributed by atoms with Crippen molar-refractivity contribution in [1.29, 1.82) is 0 Å². The first-order valence-electron chi connectivity index (χ1n) is 6.35. The third kappa shape index (κ3) is 1.48. The van der Waals surface area contributed by atoms with Gasteiger partial charge in [0.1, 0.15) is 0 Å². The van der Waals surface area contributed by atoms with Crippen LogP contribution in [0.15, 0.2) is 48.5 Å². The molecule has 0 fully saturated rings. The van der Waals surface area contributed by atoms with Crippen molar-refractivity contribution in [3.05, 3.63) is 54.1 Å². The van der Waals surface area contributed by atoms with Gasteiger partial charge in [-0.05, 0) is 30.7 Å². The van der Waals surface area contributed by atoms with Crippen LogP contribution in [0.4, 0.5) is 0 Å². The molecule has 0 saturated carbocycles. The van der Waals surface area contributed by atoms with Gasteiger partial charge in [0.2, 0.25) is 0 Å². The van der Waals surface area contributed by atoms with E-state index in [1.165, 1.54) is 10.9 Å². The zero-order valence-corrected chi connectivity index (χ0v) is 10.6. The summed E-state index contributed by atoms with van der Waals surface area (Å²) in [6.07, 6.45) is 0. The maximum Gasteiger partial charge on any atom is 0.155 e. The maximum absolute atomic E-state index is 4.65. The van der Waals surface area contributed by atoms with Gasteiger partial charge < -0.3 is 9.97 Å². The molecule has 4 aromatic rings. The summed E-state index contributed by atoms with van der Waals surface area (Å²) in [5.41, 5.74) is 5.51. The summed E-state index contributed by atoms with van der Waals surface area (Å²) in [6.45, 7) is 2.13. The lowest BCUT2D eigenvalue weighted by Gasteiger charge is -1.93. The van der Waals surface area contributed by atoms with E-state index in [1.54, 1.807) is 0 Å². The molecule has 0 bridgehead atoms. The van der Waals surface area contributed by atoms with E-state index in [2.05, 4.69) is 40.1 Å². The number of rotatable bonds is 1. The summed E-state index contributed by atoms with van der Waals surface area (Å²) in [5, 5.41) is 1.25. The minimum atomic E-state index is 0.898. The summed E-state index contributed by atoms with van der Waals surface area (Å²) in [7, 11) is 0. The van der Waals surface area contributed by atoms with Crippen LogP contribution in [0.3, 0.4) is 0 Å². The minimum absolute atomic E-state index is 0.898. The molecular weight excluding hydrogens is 234 g/mol. The Kier molecular flexibility index (Phi) is 2.03. The average molecular weight is 247 g/mol. The molecule has 0 radical (unpaired) electrons. The Morgan fingerprint density at radius 3 is 2.37 bits per heavy atom. The predicted molar refractivity (Wildman–Crippen MR) is 78.1 cm³/mol. The van der Waals surface area contributed by atoms with Crippen LogP contribution in [0.25, 0.3) is 33.5 Å². The zero-order chi connectivity index (χ0) is 12.8. The molecule has 0 saturated heterocycles. The summed E-state index contributed by atoms with van der Waals surface area (Å²) >= 11 is 0. The standard InChI is InChI=1S/C16H13N3/c1-10-11-6-2-3-7-12(11)17-15(10)16-18-13-8-4-5-9-14(13)19-16/h2-9,17H,1H3,(H,18,19). The van der Waals surface area contributed by atoms with Crippen molar-refractivity contribution < 1.29 is 0 Å². The van der Waals surface area contributed by atoms with Gasteiger partial charge in [-0.25, -0.2) is 4.98 Å². The molecule has 2 aromatic carbocycles. The van der Waals surface area contributed by atoms with Gasteiger partial charge in [-0.2, -0.15) is 0 Å². The monoisotopic (exact) mass is 247 g/mol. The van der Waals surface area contributed by atoms with Crippen LogP contribution in [-0.2, 0) is 0 Å². The molecular formula is C16H13N3. The van der Waals surface area contributed by atoms with Gasteiger partial charge in [0, 0.05) is 10.9 Å². The van der Waals surface area contributed by atoms with Crippen molar-refractivity contribution in [2.45, 2.75) is 6.92 Å². The minimum Gasteiger partial charge on any atom is -0.352 e. The van der Waals surface area contributed by atoms with Crippen LogP contribution in [0, 0.1) is 6.92 Å². The van der Waals surface area contributed by atoms with Gasteiger partial charge in [0.15, 0.2) is 5.82 Å². The molecule has 19 heavy (non-hydrogen) atoms. The summed E-state index contributed by atoms with van der Waals surface area (Å²) in [5.74, 6) is 0.898. The highest BCUT2D eigenvalue weighted by Gasteiger charge is 2.12. The number of nitrogens with zero attached hydrogens (tertiary/aromatic N) is 1. The number of aromatic nitrogens is 3. The number of hydrogen-bond acceptors (Lipinski definition) is 1. The first-order chi connectivity index (χ1) is 9.33. The van der Waals surface area contributed by atoms with Crippen LogP contribution in [0.5, 0.6) is 0 Å². The molecule has 4 rings (SSSR count). The molecule has 2 heterocycles. The number of H-pyrrole nitrogens is 2. The lowest BCUT2D eigenvalue weighted by atomic mass is 10.1. The zero-order valence-electron chi connectivity index (χ0n) is 10.6. The first kappa shape index (κ1) is 10.4. The highest BCUT2D eigenvalue weighted by atomic mass is 15.0. The molecule has 0 unspecified atom stereocenters. The fourth-order valence-corrected chi connectivity index (χ4v) is 2.59. The molecule has 0 aliphatic heterocycles. The molecule has 2 N–H and O–H groups in total. The third-order valence-corrected chi connectivity index (χ3v) is 3.59. The largest absolute Gasteiger partial charge is 0.352 e. The highest BCUT2D eigenvalue weighted by molar-refractivity contribution is 5.90. The van der Waals surface area contributed by atoms with Crippen molar-refractivity contribution in [3.63, 3.8) is 0 Å². The molecule has 0 atom stereocenters. The Labute approximate surface area is 110 Å². The highest BCUT2D eigenvalue weighted by Crippen LogP contribution is 2.28. The normalized spacial score (nSPS) is 11.4. The van der Waals surface area contributed by atoms with Crippen LogP contribution >= 0.6 is 0 Å². The number of aromatic amines is 2. The number of para-hydroxylation sites is 3. The molecule has 0 spiro atoms. The first-order valence-corrected chi connectivity index (χ1v) is 6.35. The SMILES string of the molecule is Cc1c(-c2nc3ccccc3[nH]2)[nH]c2ccccc12. The average Bonchev–Trinajstić information content (AvgIpc) is 3.00. The van der Waals surface area contributed by atoms with Crippen LogP contribution in [-0.4, -0.2) is 15.0 Å². The van der Waals surface area contributed by atoms with Crippen LogP contribution < -0.4 is 0 Å². The van der Waals surface area contributed by atoms with E-state index in [0.29, 0.717) is 0 Å². The van der Waals surface area contributed by atoms with E-state index >= 15 is 0 Å². The Morgan fingerprint density at radius 2 is 1.58 bits per heavy atom. The number of fused-ring (bicyclic) bond motifs is 2. The Morgan fingerprint density at radius 1 is 0.842 bits per heavy atom. The Hall–Kier alpha value is -2.55. The van der Waals surface area contributed by atoms with E-state index in [0.717, 1.165) is 28.1 Å². The molecule has 92 valence electrons. The lowest BCUT2D eigenvalue weighted by molar-refractivity contribution is 1.27. The molecule has 0 aliphatic rings. The van der Waals surface area contributed by atoms with Crippen LogP contribution in [0.1, 0.15) is 5.56 Å². The number of hydrogen-bond donors (Lipinski definition) is 2. The van der Waals surface area contributed by atoms with Gasteiger partial charge in [0.05, 0.1) is 16.7 Å². The summed E-state index contributed by atoms with van der Waals surface area (Å²) < 4.78 is 0. The van der Waals surface area contributed by atoms with Gasteiger partial charge in [0.25, 0.3) is 0 Å². The van der Waals surface area contributed by atoms with E-state index < -0.39 is 0 Å². The van der Waals surface area contributed by atoms with E-state index in [4.69, 9.17) is 0 Å². The van der Waals surface area contributed by atoms with Crippen molar-refractivity contribution >= 4 is 21.9 Å². The second-order valence-electron chi connectivity index (χ2n) is 4.77. The number of imidazole rings is 1. The maximum atomic E-state index is 4.65. The topological polar surface area (TPSA) is 44.5 Å². The van der Waals surface area contributed by atoms with Gasteiger partial charge in [-0.1, -0.05) is 30.3 Å². The third-order valence-electron chi connectivity index (χ3n) is 3.59. The van der Waals surface area contributed by atoms with E-state index in [-0.39, 0.29) is 0 Å². The molecule has 3 nitrogen and oxygen atoms in total. The molecule has 0 aliphatic carbocycles. The fraction of sp³-hybridized carbons (Fsp3) is 0.0625. The van der Waals surface area contributed by atoms with Crippen LogP contribution in [0.2, 0.25) is 0 Å². The summed E-state index contributed by atoms with van der Waals surface area (Å²) in [6, 6.07) is 16.4. The fourth-order valence-electron chi connectivity index (χ4n) is 2.59. The van der Waals surface area contributed by atoms with Crippen molar-refractivity contribution in [2.75, 3.05) is 0 Å². The van der Waals surface area contributed by atoms with Gasteiger partial charge >= 0.3 is 0 Å². The Balaban J connectivity index is 2.01.